The quantitative estimate of drug-likeness (QED) is 0.625. The lowest BCUT2D eigenvalue weighted by Crippen LogP contribution is -2.40. The minimum absolute atomic E-state index is 0.137. The van der Waals surface area contributed by atoms with Crippen molar-refractivity contribution in [1.29, 1.82) is 0 Å². The van der Waals surface area contributed by atoms with Crippen molar-refractivity contribution < 1.29 is 19.1 Å². The van der Waals surface area contributed by atoms with Gasteiger partial charge in [-0.1, -0.05) is 28.1 Å². The summed E-state index contributed by atoms with van der Waals surface area (Å²) in [5.74, 6) is 0.211. The van der Waals surface area contributed by atoms with Crippen LogP contribution in [0.25, 0.3) is 6.08 Å². The molecule has 0 fully saturated rings. The monoisotopic (exact) mass is 388 g/mol. The molecule has 1 aliphatic rings. The zero-order valence-electron chi connectivity index (χ0n) is 12.4. The second kappa shape index (κ2) is 7.18. The lowest BCUT2D eigenvalue weighted by molar-refractivity contribution is -0.117. The number of amides is 2. The predicted molar refractivity (Wildman–Crippen MR) is 91.3 cm³/mol. The Kier molecular flexibility index (Phi) is 4.81. The van der Waals surface area contributed by atoms with Gasteiger partial charge in [0.15, 0.2) is 11.5 Å². The summed E-state index contributed by atoms with van der Waals surface area (Å²) in [7, 11) is 0. The van der Waals surface area contributed by atoms with Crippen LogP contribution in [0.2, 0.25) is 0 Å². The number of halogens is 1. The van der Waals surface area contributed by atoms with E-state index in [1.54, 1.807) is 24.3 Å². The Bertz CT molecular complexity index is 803. The first kappa shape index (κ1) is 16.1. The molecule has 0 bridgehead atoms. The normalized spacial score (nSPS) is 12.2. The Balaban J connectivity index is 1.54. The van der Waals surface area contributed by atoms with E-state index in [1.165, 1.54) is 6.08 Å². The number of benzene rings is 2. The summed E-state index contributed by atoms with van der Waals surface area (Å²) in [6, 6.07) is 12.3. The minimum Gasteiger partial charge on any atom is -0.454 e. The van der Waals surface area contributed by atoms with Crippen LogP contribution in [0.3, 0.4) is 0 Å². The van der Waals surface area contributed by atoms with Gasteiger partial charge in [0.25, 0.3) is 11.8 Å². The molecule has 3 rings (SSSR count). The first-order valence-electron chi connectivity index (χ1n) is 7.05. The molecule has 0 radical (unpaired) electrons. The average Bonchev–Trinajstić information content (AvgIpc) is 3.06. The second-order valence-corrected chi connectivity index (χ2v) is 5.81. The van der Waals surface area contributed by atoms with E-state index in [1.807, 2.05) is 24.3 Å². The molecule has 2 aromatic rings. The fourth-order valence-corrected chi connectivity index (χ4v) is 2.28. The number of nitrogens with one attached hydrogen (secondary N) is 2. The van der Waals surface area contributed by atoms with Crippen molar-refractivity contribution in [3.63, 3.8) is 0 Å². The number of ether oxygens (including phenoxy) is 2. The first-order chi connectivity index (χ1) is 11.6. The topological polar surface area (TPSA) is 76.7 Å². The van der Waals surface area contributed by atoms with Gasteiger partial charge >= 0.3 is 0 Å². The Hall–Kier alpha value is -2.80. The number of rotatable bonds is 3. The van der Waals surface area contributed by atoms with Crippen molar-refractivity contribution in [2.45, 2.75) is 0 Å². The summed E-state index contributed by atoms with van der Waals surface area (Å²) in [6.45, 7) is 0.137. The standard InChI is InChI=1S/C17H13BrN2O4/c18-13-5-1-11(2-6-13)3-8-16(21)19-20-17(22)12-4-7-14-15(9-12)24-10-23-14/h1-9H,10H2,(H,19,21)(H,20,22)/b8-3+. The molecule has 1 aliphatic heterocycles. The van der Waals surface area contributed by atoms with E-state index in [9.17, 15) is 9.59 Å². The van der Waals surface area contributed by atoms with Crippen LogP contribution in [0, 0.1) is 0 Å². The van der Waals surface area contributed by atoms with Crippen LogP contribution in [0.15, 0.2) is 53.0 Å². The smallest absolute Gasteiger partial charge is 0.269 e. The average molecular weight is 389 g/mol. The minimum atomic E-state index is -0.446. The number of fused-ring (bicyclic) bond motifs is 1. The molecule has 24 heavy (non-hydrogen) atoms. The van der Waals surface area contributed by atoms with E-state index >= 15 is 0 Å². The Labute approximate surface area is 146 Å². The highest BCUT2D eigenvalue weighted by molar-refractivity contribution is 9.10. The Morgan fingerprint density at radius 3 is 2.54 bits per heavy atom. The summed E-state index contributed by atoms with van der Waals surface area (Å²) >= 11 is 3.34. The molecule has 0 atom stereocenters. The van der Waals surface area contributed by atoms with Crippen molar-refractivity contribution in [2.75, 3.05) is 6.79 Å². The molecule has 6 nitrogen and oxygen atoms in total. The van der Waals surface area contributed by atoms with Crippen LogP contribution in [-0.2, 0) is 4.79 Å². The molecular weight excluding hydrogens is 376 g/mol. The Morgan fingerprint density at radius 1 is 1.00 bits per heavy atom. The maximum absolute atomic E-state index is 12.0. The van der Waals surface area contributed by atoms with Gasteiger partial charge in [0.1, 0.15) is 0 Å². The third-order valence-electron chi connectivity index (χ3n) is 3.23. The van der Waals surface area contributed by atoms with E-state index in [4.69, 9.17) is 9.47 Å². The fraction of sp³-hybridized carbons (Fsp3) is 0.0588. The SMILES string of the molecule is O=C(/C=C/c1ccc(Br)cc1)NNC(=O)c1ccc2c(c1)OCO2. The van der Waals surface area contributed by atoms with Gasteiger partial charge in [0.05, 0.1) is 0 Å². The molecule has 0 aliphatic carbocycles. The zero-order chi connectivity index (χ0) is 16.9. The third-order valence-corrected chi connectivity index (χ3v) is 3.76. The maximum atomic E-state index is 12.0. The fourth-order valence-electron chi connectivity index (χ4n) is 2.02. The molecule has 0 unspecified atom stereocenters. The number of hydrogen-bond acceptors (Lipinski definition) is 4. The van der Waals surface area contributed by atoms with Crippen molar-refractivity contribution in [3.05, 3.63) is 64.1 Å². The van der Waals surface area contributed by atoms with Gasteiger partial charge in [-0.25, -0.2) is 0 Å². The molecular formula is C17H13BrN2O4. The molecule has 122 valence electrons. The number of carbonyl (C=O) groups excluding carboxylic acids is 2. The summed E-state index contributed by atoms with van der Waals surface area (Å²) in [5, 5.41) is 0. The van der Waals surface area contributed by atoms with E-state index in [0.29, 0.717) is 17.1 Å². The number of hydrazine groups is 1. The van der Waals surface area contributed by atoms with Gasteiger partial charge in [0.2, 0.25) is 6.79 Å². The lowest BCUT2D eigenvalue weighted by Gasteiger charge is -2.06. The lowest BCUT2D eigenvalue weighted by atomic mass is 10.2. The number of carbonyl (C=O) groups is 2. The highest BCUT2D eigenvalue weighted by Crippen LogP contribution is 2.32. The van der Waals surface area contributed by atoms with E-state index in [0.717, 1.165) is 10.0 Å². The molecule has 0 spiro atoms. The zero-order valence-corrected chi connectivity index (χ0v) is 14.0. The van der Waals surface area contributed by atoms with Gasteiger partial charge in [-0.05, 0) is 42.0 Å². The van der Waals surface area contributed by atoms with E-state index in [2.05, 4.69) is 26.8 Å². The van der Waals surface area contributed by atoms with Crippen molar-refractivity contribution >= 4 is 33.8 Å². The van der Waals surface area contributed by atoms with Gasteiger partial charge < -0.3 is 9.47 Å². The largest absolute Gasteiger partial charge is 0.454 e. The van der Waals surface area contributed by atoms with Crippen LogP contribution in [-0.4, -0.2) is 18.6 Å². The van der Waals surface area contributed by atoms with Crippen LogP contribution >= 0.6 is 15.9 Å². The molecule has 0 saturated carbocycles. The number of hydrogen-bond donors (Lipinski definition) is 2. The van der Waals surface area contributed by atoms with Crippen molar-refractivity contribution in [1.82, 2.24) is 10.9 Å². The van der Waals surface area contributed by atoms with Crippen LogP contribution in [0.4, 0.5) is 0 Å². The summed E-state index contributed by atoms with van der Waals surface area (Å²) in [4.78, 5) is 23.7. The Morgan fingerprint density at radius 2 is 1.75 bits per heavy atom. The van der Waals surface area contributed by atoms with Gasteiger partial charge in [0, 0.05) is 16.1 Å². The molecule has 2 aromatic carbocycles. The first-order valence-corrected chi connectivity index (χ1v) is 7.85. The van der Waals surface area contributed by atoms with Gasteiger partial charge in [-0.15, -0.1) is 0 Å². The highest BCUT2D eigenvalue weighted by Gasteiger charge is 2.16. The third kappa shape index (κ3) is 3.94. The van der Waals surface area contributed by atoms with E-state index < -0.39 is 11.8 Å². The summed E-state index contributed by atoms with van der Waals surface area (Å²) in [5.41, 5.74) is 5.89. The van der Waals surface area contributed by atoms with Gasteiger partial charge in [-0.2, -0.15) is 0 Å². The van der Waals surface area contributed by atoms with Crippen molar-refractivity contribution in [3.8, 4) is 11.5 Å². The molecule has 1 heterocycles. The molecule has 2 amide bonds. The van der Waals surface area contributed by atoms with Crippen LogP contribution in [0.1, 0.15) is 15.9 Å². The molecule has 7 heteroatoms. The van der Waals surface area contributed by atoms with Crippen molar-refractivity contribution in [2.24, 2.45) is 0 Å². The van der Waals surface area contributed by atoms with Gasteiger partial charge in [-0.3, -0.25) is 20.4 Å². The predicted octanol–water partition coefficient (Wildman–Crippen LogP) is 2.65. The van der Waals surface area contributed by atoms with E-state index in [-0.39, 0.29) is 6.79 Å². The van der Waals surface area contributed by atoms with Crippen LogP contribution in [0.5, 0.6) is 11.5 Å². The summed E-state index contributed by atoms with van der Waals surface area (Å²) < 4.78 is 11.3. The molecule has 0 saturated heterocycles. The highest BCUT2D eigenvalue weighted by atomic mass is 79.9. The molecule has 0 aromatic heterocycles. The maximum Gasteiger partial charge on any atom is 0.269 e. The molecule has 2 N–H and O–H groups in total. The second-order valence-electron chi connectivity index (χ2n) is 4.90. The summed E-state index contributed by atoms with van der Waals surface area (Å²) in [6.07, 6.45) is 2.98. The van der Waals surface area contributed by atoms with Crippen LogP contribution < -0.4 is 20.3 Å².